The number of hydrogen-bond acceptors (Lipinski definition) is 2. The normalized spacial score (nSPS) is 11.0. The molecule has 3 heteroatoms. The second-order valence-electron chi connectivity index (χ2n) is 4.34. The van der Waals surface area contributed by atoms with Gasteiger partial charge in [0.1, 0.15) is 5.82 Å². The van der Waals surface area contributed by atoms with E-state index < -0.39 is 0 Å². The molecule has 1 aromatic carbocycles. The lowest BCUT2D eigenvalue weighted by Gasteiger charge is -2.06. The predicted octanol–water partition coefficient (Wildman–Crippen LogP) is 2.79. The van der Waals surface area contributed by atoms with E-state index in [4.69, 9.17) is 5.73 Å². The molecule has 1 heterocycles. The van der Waals surface area contributed by atoms with Crippen molar-refractivity contribution in [1.82, 2.24) is 9.78 Å². The maximum absolute atomic E-state index is 5.93. The fourth-order valence-corrected chi connectivity index (χ4v) is 1.72. The van der Waals surface area contributed by atoms with Gasteiger partial charge in [-0.25, -0.2) is 0 Å². The molecule has 1 aromatic heterocycles. The molecule has 0 saturated carbocycles. The summed E-state index contributed by atoms with van der Waals surface area (Å²) >= 11 is 0. The van der Waals surface area contributed by atoms with Gasteiger partial charge in [-0.1, -0.05) is 38.1 Å². The Morgan fingerprint density at radius 2 is 1.81 bits per heavy atom. The van der Waals surface area contributed by atoms with Crippen LogP contribution in [0.5, 0.6) is 0 Å². The Labute approximate surface area is 95.9 Å². The van der Waals surface area contributed by atoms with E-state index in [1.165, 1.54) is 5.56 Å². The number of rotatable bonds is 2. The van der Waals surface area contributed by atoms with Gasteiger partial charge in [-0.2, -0.15) is 5.10 Å². The first kappa shape index (κ1) is 10.7. The summed E-state index contributed by atoms with van der Waals surface area (Å²) in [6.07, 6.45) is 1.81. The van der Waals surface area contributed by atoms with Gasteiger partial charge in [-0.05, 0) is 17.0 Å². The summed E-state index contributed by atoms with van der Waals surface area (Å²) in [6, 6.07) is 8.49. The zero-order chi connectivity index (χ0) is 11.7. The van der Waals surface area contributed by atoms with Crippen molar-refractivity contribution >= 4 is 5.82 Å². The quantitative estimate of drug-likeness (QED) is 0.837. The van der Waals surface area contributed by atoms with Crippen molar-refractivity contribution in [3.63, 3.8) is 0 Å². The average molecular weight is 215 g/mol. The molecule has 0 amide bonds. The molecule has 2 N–H and O–H groups in total. The molecule has 0 atom stereocenters. The maximum atomic E-state index is 5.93. The Morgan fingerprint density at radius 1 is 1.19 bits per heavy atom. The van der Waals surface area contributed by atoms with E-state index in [-0.39, 0.29) is 0 Å². The van der Waals surface area contributed by atoms with Crippen LogP contribution in [0.3, 0.4) is 0 Å². The second kappa shape index (κ2) is 4.00. The van der Waals surface area contributed by atoms with Gasteiger partial charge >= 0.3 is 0 Å². The predicted molar refractivity (Wildman–Crippen MR) is 67.1 cm³/mol. The van der Waals surface area contributed by atoms with E-state index in [1.54, 1.807) is 10.9 Å². The Balaban J connectivity index is 2.38. The van der Waals surface area contributed by atoms with Crippen molar-refractivity contribution in [1.29, 1.82) is 0 Å². The van der Waals surface area contributed by atoms with Crippen molar-refractivity contribution < 1.29 is 0 Å². The Bertz CT molecular complexity index is 480. The summed E-state index contributed by atoms with van der Waals surface area (Å²) in [5, 5.41) is 4.14. The maximum Gasteiger partial charge on any atom is 0.129 e. The van der Waals surface area contributed by atoms with Gasteiger partial charge < -0.3 is 5.73 Å². The second-order valence-corrected chi connectivity index (χ2v) is 4.34. The number of nitrogen functional groups attached to an aromatic ring is 1. The Kier molecular flexibility index (Phi) is 2.69. The molecule has 0 aliphatic heterocycles. The Hall–Kier alpha value is -1.77. The molecular weight excluding hydrogens is 198 g/mol. The van der Waals surface area contributed by atoms with Crippen molar-refractivity contribution in [2.75, 3.05) is 5.73 Å². The minimum absolute atomic E-state index is 0.556. The van der Waals surface area contributed by atoms with Gasteiger partial charge in [0, 0.05) is 12.6 Å². The monoisotopic (exact) mass is 215 g/mol. The first-order chi connectivity index (χ1) is 7.59. The van der Waals surface area contributed by atoms with Gasteiger partial charge in [0.15, 0.2) is 0 Å². The SMILES string of the molecule is CC(C)c1ccc(-c2cnn(C)c2N)cc1. The summed E-state index contributed by atoms with van der Waals surface area (Å²) in [7, 11) is 1.85. The fourth-order valence-electron chi connectivity index (χ4n) is 1.72. The lowest BCUT2D eigenvalue weighted by molar-refractivity contribution is 0.779. The largest absolute Gasteiger partial charge is 0.383 e. The van der Waals surface area contributed by atoms with Gasteiger partial charge in [-0.3, -0.25) is 4.68 Å². The lowest BCUT2D eigenvalue weighted by atomic mass is 10.00. The van der Waals surface area contributed by atoms with Crippen LogP contribution < -0.4 is 5.73 Å². The number of aromatic nitrogens is 2. The molecular formula is C13H17N3. The molecule has 0 radical (unpaired) electrons. The molecule has 84 valence electrons. The topological polar surface area (TPSA) is 43.8 Å². The van der Waals surface area contributed by atoms with E-state index in [9.17, 15) is 0 Å². The molecule has 0 saturated heterocycles. The average Bonchev–Trinajstić information content (AvgIpc) is 2.60. The van der Waals surface area contributed by atoms with E-state index >= 15 is 0 Å². The minimum atomic E-state index is 0.556. The number of nitrogens with two attached hydrogens (primary N) is 1. The third-order valence-corrected chi connectivity index (χ3v) is 2.87. The van der Waals surface area contributed by atoms with Crippen LogP contribution in [0.25, 0.3) is 11.1 Å². The zero-order valence-corrected chi connectivity index (χ0v) is 9.94. The van der Waals surface area contributed by atoms with Gasteiger partial charge in [-0.15, -0.1) is 0 Å². The summed E-state index contributed by atoms with van der Waals surface area (Å²) in [5.41, 5.74) is 9.39. The smallest absolute Gasteiger partial charge is 0.129 e. The summed E-state index contributed by atoms with van der Waals surface area (Å²) in [5.74, 6) is 1.26. The van der Waals surface area contributed by atoms with Gasteiger partial charge in [0.2, 0.25) is 0 Å². The number of aryl methyl sites for hydroxylation is 1. The van der Waals surface area contributed by atoms with Crippen molar-refractivity contribution in [2.45, 2.75) is 19.8 Å². The highest BCUT2D eigenvalue weighted by Crippen LogP contribution is 2.26. The fraction of sp³-hybridized carbons (Fsp3) is 0.308. The number of benzene rings is 1. The summed E-state index contributed by atoms with van der Waals surface area (Å²) in [6.45, 7) is 4.38. The van der Waals surface area contributed by atoms with Crippen LogP contribution in [0.1, 0.15) is 25.3 Å². The third kappa shape index (κ3) is 1.81. The first-order valence-corrected chi connectivity index (χ1v) is 5.47. The van der Waals surface area contributed by atoms with Crippen LogP contribution in [0.15, 0.2) is 30.5 Å². The van der Waals surface area contributed by atoms with E-state index in [0.717, 1.165) is 11.1 Å². The van der Waals surface area contributed by atoms with Crippen LogP contribution >= 0.6 is 0 Å². The van der Waals surface area contributed by atoms with Crippen molar-refractivity contribution in [2.24, 2.45) is 7.05 Å². The highest BCUT2D eigenvalue weighted by atomic mass is 15.3. The van der Waals surface area contributed by atoms with Crippen LogP contribution in [0, 0.1) is 0 Å². The number of hydrogen-bond donors (Lipinski definition) is 1. The van der Waals surface area contributed by atoms with Crippen LogP contribution in [-0.4, -0.2) is 9.78 Å². The van der Waals surface area contributed by atoms with E-state index in [1.807, 2.05) is 7.05 Å². The molecule has 16 heavy (non-hydrogen) atoms. The van der Waals surface area contributed by atoms with Crippen LogP contribution in [0.4, 0.5) is 5.82 Å². The zero-order valence-electron chi connectivity index (χ0n) is 9.94. The molecule has 0 bridgehead atoms. The van der Waals surface area contributed by atoms with Gasteiger partial charge in [0.05, 0.1) is 6.20 Å². The third-order valence-electron chi connectivity index (χ3n) is 2.87. The van der Waals surface area contributed by atoms with E-state index in [2.05, 4.69) is 43.2 Å². The summed E-state index contributed by atoms with van der Waals surface area (Å²) in [4.78, 5) is 0. The van der Waals surface area contributed by atoms with Gasteiger partial charge in [0.25, 0.3) is 0 Å². The highest BCUT2D eigenvalue weighted by molar-refractivity contribution is 5.73. The highest BCUT2D eigenvalue weighted by Gasteiger charge is 2.07. The molecule has 2 rings (SSSR count). The standard InChI is InChI=1S/C13H17N3/c1-9(2)10-4-6-11(7-5-10)12-8-15-16(3)13(12)14/h4-9H,14H2,1-3H3. The summed E-state index contributed by atoms with van der Waals surface area (Å²) < 4.78 is 1.69. The molecule has 3 nitrogen and oxygen atoms in total. The molecule has 0 fully saturated rings. The first-order valence-electron chi connectivity index (χ1n) is 5.47. The minimum Gasteiger partial charge on any atom is -0.383 e. The molecule has 0 aliphatic rings. The molecule has 0 spiro atoms. The lowest BCUT2D eigenvalue weighted by Crippen LogP contribution is -1.98. The van der Waals surface area contributed by atoms with Crippen molar-refractivity contribution in [3.05, 3.63) is 36.0 Å². The van der Waals surface area contributed by atoms with Crippen LogP contribution in [0.2, 0.25) is 0 Å². The van der Waals surface area contributed by atoms with E-state index in [0.29, 0.717) is 11.7 Å². The number of nitrogens with zero attached hydrogens (tertiary/aromatic N) is 2. The van der Waals surface area contributed by atoms with Crippen LogP contribution in [-0.2, 0) is 7.05 Å². The number of anilines is 1. The Morgan fingerprint density at radius 3 is 2.25 bits per heavy atom. The molecule has 2 aromatic rings. The molecule has 0 aliphatic carbocycles. The van der Waals surface area contributed by atoms with Crippen molar-refractivity contribution in [3.8, 4) is 11.1 Å². The molecule has 0 unspecified atom stereocenters.